The fraction of sp³-hybridized carbons (Fsp3) is 0.167. The lowest BCUT2D eigenvalue weighted by Gasteiger charge is -2.27. The summed E-state index contributed by atoms with van der Waals surface area (Å²) in [5, 5.41) is 21.7. The number of furan rings is 1. The minimum absolute atomic E-state index is 0.0185. The van der Waals surface area contributed by atoms with Gasteiger partial charge in [-0.2, -0.15) is 0 Å². The highest BCUT2D eigenvalue weighted by Gasteiger charge is 2.45. The summed E-state index contributed by atoms with van der Waals surface area (Å²) in [7, 11) is 1.44. The van der Waals surface area contributed by atoms with Crippen LogP contribution >= 0.6 is 11.6 Å². The second-order valence-corrected chi connectivity index (χ2v) is 9.84. The number of amides is 1. The Morgan fingerprint density at radius 2 is 1.68 bits per heavy atom. The molecule has 0 aliphatic carbocycles. The van der Waals surface area contributed by atoms with Crippen molar-refractivity contribution in [3.63, 3.8) is 0 Å². The molecule has 3 aromatic carbocycles. The van der Waals surface area contributed by atoms with Gasteiger partial charge in [0.05, 0.1) is 30.4 Å². The first kappa shape index (κ1) is 26.8. The molecule has 0 fully saturated rings. The molecule has 0 radical (unpaired) electrons. The Labute approximate surface area is 233 Å². The Bertz CT molecular complexity index is 1670. The number of hydrogen-bond acceptors (Lipinski definition) is 8. The van der Waals surface area contributed by atoms with E-state index in [1.54, 1.807) is 38.1 Å². The number of esters is 1. The zero-order chi connectivity index (χ0) is 28.7. The predicted octanol–water partition coefficient (Wildman–Crippen LogP) is 6.15. The van der Waals surface area contributed by atoms with Gasteiger partial charge in [0.1, 0.15) is 5.75 Å². The molecule has 9 nitrogen and oxygen atoms in total. The van der Waals surface area contributed by atoms with E-state index in [-0.39, 0.29) is 34.3 Å². The van der Waals surface area contributed by atoms with E-state index in [2.05, 4.69) is 0 Å². The van der Waals surface area contributed by atoms with E-state index in [0.29, 0.717) is 27.4 Å². The molecule has 1 amide bonds. The number of aliphatic hydroxyl groups excluding tert-OH is 1. The van der Waals surface area contributed by atoms with Crippen LogP contribution < -0.4 is 9.64 Å². The van der Waals surface area contributed by atoms with Gasteiger partial charge in [-0.05, 0) is 67.9 Å². The number of phenols is 1. The van der Waals surface area contributed by atoms with Gasteiger partial charge in [-0.3, -0.25) is 14.5 Å². The highest BCUT2D eigenvalue weighted by Crippen LogP contribution is 2.43. The van der Waals surface area contributed by atoms with Gasteiger partial charge in [-0.25, -0.2) is 4.79 Å². The summed E-state index contributed by atoms with van der Waals surface area (Å²) >= 11 is 6.16. The van der Waals surface area contributed by atoms with Gasteiger partial charge in [0.15, 0.2) is 22.9 Å². The fourth-order valence-corrected chi connectivity index (χ4v) is 4.81. The number of ketones is 1. The SMILES string of the molecule is COc1cc(Cl)cc2cc(C(=O)C3=C(O)C(=O)N(c4ccc(C(=O)OC(C)C)cc4)C3c3ccc(O)cc3)oc12. The molecule has 1 atom stereocenters. The normalized spacial score (nSPS) is 15.3. The molecule has 1 unspecified atom stereocenters. The van der Waals surface area contributed by atoms with Crippen LogP contribution in [-0.2, 0) is 9.53 Å². The third kappa shape index (κ3) is 4.76. The number of methoxy groups -OCH3 is 1. The zero-order valence-electron chi connectivity index (χ0n) is 21.7. The number of rotatable bonds is 7. The van der Waals surface area contributed by atoms with Crippen LogP contribution in [0.25, 0.3) is 11.0 Å². The number of hydrogen-bond donors (Lipinski definition) is 2. The first-order valence-electron chi connectivity index (χ1n) is 12.3. The highest BCUT2D eigenvalue weighted by atomic mass is 35.5. The van der Waals surface area contributed by atoms with Crippen LogP contribution in [-0.4, -0.2) is 41.1 Å². The van der Waals surface area contributed by atoms with Crippen molar-refractivity contribution in [2.45, 2.75) is 26.0 Å². The van der Waals surface area contributed by atoms with Gasteiger partial charge in [0.25, 0.3) is 5.91 Å². The average molecular weight is 562 g/mol. The number of Topliss-reactive ketones (excluding diaryl/α,β-unsaturated/α-hetero) is 1. The monoisotopic (exact) mass is 561 g/mol. The van der Waals surface area contributed by atoms with Crippen LogP contribution in [0.2, 0.25) is 5.02 Å². The molecule has 5 rings (SSSR count). The Morgan fingerprint density at radius 3 is 2.30 bits per heavy atom. The standard InChI is InChI=1S/C30H24ClNO8/c1-15(2)39-30(37)17-4-8-20(9-5-17)32-25(16-6-10-21(33)11-7-16)24(27(35)29(32)36)26(34)22-13-18-12-19(31)14-23(38-3)28(18)40-22/h4-15,25,33,35H,1-3H3. The van der Waals surface area contributed by atoms with Crippen molar-refractivity contribution in [3.8, 4) is 11.5 Å². The largest absolute Gasteiger partial charge is 0.508 e. The summed E-state index contributed by atoms with van der Waals surface area (Å²) in [6.45, 7) is 3.47. The maximum Gasteiger partial charge on any atom is 0.338 e. The number of nitrogens with zero attached hydrogens (tertiary/aromatic N) is 1. The third-order valence-corrected chi connectivity index (χ3v) is 6.59. The minimum Gasteiger partial charge on any atom is -0.508 e. The van der Waals surface area contributed by atoms with Gasteiger partial charge in [-0.1, -0.05) is 23.7 Å². The summed E-state index contributed by atoms with van der Waals surface area (Å²) < 4.78 is 16.4. The molecule has 2 heterocycles. The Balaban J connectivity index is 1.59. The number of benzene rings is 3. The van der Waals surface area contributed by atoms with Gasteiger partial charge >= 0.3 is 5.97 Å². The average Bonchev–Trinajstić information content (AvgIpc) is 3.46. The number of anilines is 1. The van der Waals surface area contributed by atoms with Crippen LogP contribution in [0.3, 0.4) is 0 Å². The van der Waals surface area contributed by atoms with Crippen molar-refractivity contribution in [3.05, 3.63) is 100.0 Å². The van der Waals surface area contributed by atoms with Gasteiger partial charge < -0.3 is 24.1 Å². The number of ether oxygens (including phenoxy) is 2. The van der Waals surface area contributed by atoms with Gasteiger partial charge in [-0.15, -0.1) is 0 Å². The Kier molecular flexibility index (Phi) is 6.99. The fourth-order valence-electron chi connectivity index (χ4n) is 4.60. The summed E-state index contributed by atoms with van der Waals surface area (Å²) in [6.07, 6.45) is -0.310. The molecule has 40 heavy (non-hydrogen) atoms. The van der Waals surface area contributed by atoms with Crippen LogP contribution in [0, 0.1) is 0 Å². The minimum atomic E-state index is -1.08. The van der Waals surface area contributed by atoms with Gasteiger partial charge in [0, 0.05) is 22.2 Å². The van der Waals surface area contributed by atoms with E-state index >= 15 is 0 Å². The lowest BCUT2D eigenvalue weighted by molar-refractivity contribution is -0.117. The topological polar surface area (TPSA) is 127 Å². The maximum absolute atomic E-state index is 13.9. The molecule has 0 spiro atoms. The molecular formula is C30H24ClNO8. The molecule has 1 aromatic heterocycles. The first-order chi connectivity index (χ1) is 19.1. The summed E-state index contributed by atoms with van der Waals surface area (Å²) in [5.41, 5.74) is 1.09. The summed E-state index contributed by atoms with van der Waals surface area (Å²) in [5.74, 6) is -2.67. The molecule has 1 aliphatic rings. The van der Waals surface area contributed by atoms with E-state index in [1.165, 1.54) is 54.5 Å². The Hall–Kier alpha value is -4.76. The smallest absolute Gasteiger partial charge is 0.338 e. The van der Waals surface area contributed by atoms with Crippen LogP contribution in [0.5, 0.6) is 11.5 Å². The van der Waals surface area contributed by atoms with Crippen molar-refractivity contribution in [2.75, 3.05) is 12.0 Å². The number of fused-ring (bicyclic) bond motifs is 1. The Morgan fingerprint density at radius 1 is 1.00 bits per heavy atom. The first-order valence-corrected chi connectivity index (χ1v) is 12.6. The molecule has 10 heteroatoms. The van der Waals surface area contributed by atoms with E-state index in [9.17, 15) is 24.6 Å². The molecule has 0 bridgehead atoms. The second kappa shape index (κ2) is 10.4. The molecule has 0 saturated carbocycles. The van der Waals surface area contributed by atoms with E-state index in [1.807, 2.05) is 0 Å². The number of carbonyl (C=O) groups is 3. The van der Waals surface area contributed by atoms with E-state index in [4.69, 9.17) is 25.5 Å². The lowest BCUT2D eigenvalue weighted by atomic mass is 9.94. The number of halogens is 1. The van der Waals surface area contributed by atoms with E-state index in [0.717, 1.165) is 0 Å². The van der Waals surface area contributed by atoms with Gasteiger partial charge in [0.2, 0.25) is 5.78 Å². The number of carbonyl (C=O) groups excluding carboxylic acids is 3. The highest BCUT2D eigenvalue weighted by molar-refractivity contribution is 6.31. The van der Waals surface area contributed by atoms with Crippen molar-refractivity contribution < 1.29 is 38.5 Å². The van der Waals surface area contributed by atoms with E-state index < -0.39 is 29.5 Å². The zero-order valence-corrected chi connectivity index (χ0v) is 22.4. The van der Waals surface area contributed by atoms with Crippen molar-refractivity contribution in [2.24, 2.45) is 0 Å². The molecule has 0 saturated heterocycles. The van der Waals surface area contributed by atoms with Crippen molar-refractivity contribution in [1.29, 1.82) is 0 Å². The van der Waals surface area contributed by atoms with Crippen LogP contribution in [0.1, 0.15) is 46.4 Å². The van der Waals surface area contributed by atoms with Crippen LogP contribution in [0.15, 0.2) is 82.5 Å². The molecule has 2 N–H and O–H groups in total. The number of phenolic OH excluding ortho intramolecular Hbond substituents is 1. The lowest BCUT2D eigenvalue weighted by Crippen LogP contribution is -2.31. The molecule has 204 valence electrons. The van der Waals surface area contributed by atoms with Crippen LogP contribution in [0.4, 0.5) is 5.69 Å². The second-order valence-electron chi connectivity index (χ2n) is 9.40. The summed E-state index contributed by atoms with van der Waals surface area (Å²) in [4.78, 5) is 40.9. The molecular weight excluding hydrogens is 538 g/mol. The molecule has 1 aliphatic heterocycles. The predicted molar refractivity (Wildman–Crippen MR) is 147 cm³/mol. The maximum atomic E-state index is 13.9. The quantitative estimate of drug-likeness (QED) is 0.203. The number of aromatic hydroxyl groups is 1. The third-order valence-electron chi connectivity index (χ3n) is 6.38. The van der Waals surface area contributed by atoms with Crippen molar-refractivity contribution >= 4 is 45.9 Å². The number of aliphatic hydroxyl groups is 1. The van der Waals surface area contributed by atoms with Crippen molar-refractivity contribution in [1.82, 2.24) is 0 Å². The molecule has 4 aromatic rings. The summed E-state index contributed by atoms with van der Waals surface area (Å²) in [6, 6.07) is 15.5.